The minimum Gasteiger partial charge on any atom is -0.499 e. The van der Waals surface area contributed by atoms with E-state index in [9.17, 15) is 5.11 Å². The highest BCUT2D eigenvalue weighted by atomic mass is 16.5. The van der Waals surface area contributed by atoms with Gasteiger partial charge in [-0.3, -0.25) is 0 Å². The van der Waals surface area contributed by atoms with Crippen LogP contribution in [0.25, 0.3) is 0 Å². The van der Waals surface area contributed by atoms with E-state index < -0.39 is 0 Å². The Balaban J connectivity index is 3.53. The Kier molecular flexibility index (Phi) is 4.93. The quantitative estimate of drug-likeness (QED) is 0.488. The lowest BCUT2D eigenvalue weighted by atomic mass is 10.3. The van der Waals surface area contributed by atoms with Crippen molar-refractivity contribution in [3.63, 3.8) is 0 Å². The molecule has 3 nitrogen and oxygen atoms in total. The van der Waals surface area contributed by atoms with Gasteiger partial charge in [-0.1, -0.05) is 6.08 Å². The van der Waals surface area contributed by atoms with Gasteiger partial charge in [0.2, 0.25) is 0 Å². The monoisotopic (exact) mass is 174 g/mol. The van der Waals surface area contributed by atoms with E-state index in [2.05, 4.69) is 0 Å². The van der Waals surface area contributed by atoms with Gasteiger partial charge in [0.1, 0.15) is 19.3 Å². The lowest BCUT2D eigenvalue weighted by molar-refractivity contribution is -0.873. The van der Waals surface area contributed by atoms with Crippen LogP contribution < -0.4 is 0 Å². The average Bonchev–Trinajstić information content (AvgIpc) is 1.84. The van der Waals surface area contributed by atoms with Crippen molar-refractivity contribution in [1.82, 2.24) is 0 Å². The molecule has 0 aromatic rings. The smallest absolute Gasteiger partial charge is 0.137 e. The molecule has 0 aromatic heterocycles. The van der Waals surface area contributed by atoms with Crippen molar-refractivity contribution in [1.29, 1.82) is 0 Å². The van der Waals surface area contributed by atoms with Crippen LogP contribution in [-0.2, 0) is 4.74 Å². The number of hydrogen-bond acceptors (Lipinski definition) is 2. The van der Waals surface area contributed by atoms with E-state index in [0.717, 1.165) is 4.48 Å². The van der Waals surface area contributed by atoms with Gasteiger partial charge in [-0.25, -0.2) is 0 Å². The van der Waals surface area contributed by atoms with Gasteiger partial charge in [0, 0.05) is 0 Å². The third-order valence-electron chi connectivity index (χ3n) is 1.28. The van der Waals surface area contributed by atoms with Gasteiger partial charge in [0.25, 0.3) is 0 Å². The first-order valence-corrected chi connectivity index (χ1v) is 4.17. The largest absolute Gasteiger partial charge is 0.499 e. The van der Waals surface area contributed by atoms with E-state index in [4.69, 9.17) is 4.74 Å². The summed E-state index contributed by atoms with van der Waals surface area (Å²) in [5, 5.41) is 9.44. The van der Waals surface area contributed by atoms with Gasteiger partial charge >= 0.3 is 0 Å². The summed E-state index contributed by atoms with van der Waals surface area (Å²) in [4.78, 5) is 0. The maximum Gasteiger partial charge on any atom is 0.137 e. The molecule has 0 aliphatic carbocycles. The molecule has 0 saturated heterocycles. The van der Waals surface area contributed by atoms with Crippen molar-refractivity contribution in [2.75, 3.05) is 34.3 Å². The Morgan fingerprint density at radius 3 is 2.42 bits per heavy atom. The summed E-state index contributed by atoms with van der Waals surface area (Å²) in [6.45, 7) is 2.96. The second kappa shape index (κ2) is 5.17. The molecule has 0 aliphatic rings. The molecule has 72 valence electrons. The van der Waals surface area contributed by atoms with Crippen LogP contribution in [0, 0.1) is 0 Å². The van der Waals surface area contributed by atoms with E-state index in [1.807, 2.05) is 28.1 Å². The Bertz CT molecular complexity index is 138. The highest BCUT2D eigenvalue weighted by molar-refractivity contribution is 4.66. The van der Waals surface area contributed by atoms with Crippen LogP contribution in [0.5, 0.6) is 0 Å². The maximum atomic E-state index is 9.44. The first kappa shape index (κ1) is 11.5. The number of quaternary nitrogens is 1. The van der Waals surface area contributed by atoms with Gasteiger partial charge in [-0.15, -0.1) is 0 Å². The SMILES string of the molecule is C/C=C/OCC(O)C[N+](C)(C)C. The molecule has 0 spiro atoms. The van der Waals surface area contributed by atoms with Gasteiger partial charge in [0.05, 0.1) is 27.4 Å². The molecule has 0 rings (SSSR count). The molecule has 1 unspecified atom stereocenters. The van der Waals surface area contributed by atoms with Gasteiger partial charge in [-0.2, -0.15) is 0 Å². The van der Waals surface area contributed by atoms with Crippen molar-refractivity contribution in [2.45, 2.75) is 13.0 Å². The Morgan fingerprint density at radius 2 is 2.00 bits per heavy atom. The Hall–Kier alpha value is -0.540. The fourth-order valence-corrected chi connectivity index (χ4v) is 0.948. The Labute approximate surface area is 74.8 Å². The fraction of sp³-hybridized carbons (Fsp3) is 0.778. The molecule has 0 heterocycles. The molecule has 0 aliphatic heterocycles. The fourth-order valence-electron chi connectivity index (χ4n) is 0.948. The number of aliphatic hydroxyl groups is 1. The molecule has 1 N–H and O–H groups in total. The van der Waals surface area contributed by atoms with E-state index >= 15 is 0 Å². The summed E-state index contributed by atoms with van der Waals surface area (Å²) < 4.78 is 5.80. The number of likely N-dealkylation sites (N-methyl/N-ethyl adjacent to an activating group) is 1. The molecule has 3 heteroatoms. The molecule has 0 saturated carbocycles. The molecule has 0 radical (unpaired) electrons. The maximum absolute atomic E-state index is 9.44. The van der Waals surface area contributed by atoms with E-state index in [1.54, 1.807) is 12.3 Å². The van der Waals surface area contributed by atoms with Crippen molar-refractivity contribution in [2.24, 2.45) is 0 Å². The van der Waals surface area contributed by atoms with Crippen LogP contribution in [0.4, 0.5) is 0 Å². The zero-order valence-electron chi connectivity index (χ0n) is 8.45. The number of aliphatic hydroxyl groups excluding tert-OH is 1. The highest BCUT2D eigenvalue weighted by Crippen LogP contribution is 1.95. The first-order chi connectivity index (χ1) is 5.45. The number of allylic oxidation sites excluding steroid dienone is 1. The third-order valence-corrected chi connectivity index (χ3v) is 1.28. The lowest BCUT2D eigenvalue weighted by Gasteiger charge is -2.26. The van der Waals surface area contributed by atoms with Crippen LogP contribution in [0.3, 0.4) is 0 Å². The predicted molar refractivity (Wildman–Crippen MR) is 49.7 cm³/mol. The molecular weight excluding hydrogens is 154 g/mol. The normalized spacial score (nSPS) is 15.1. The standard InChI is InChI=1S/C9H20NO2/c1-5-6-12-8-9(11)7-10(2,3)4/h5-6,9,11H,7-8H2,1-4H3/q+1/b6-5+. The van der Waals surface area contributed by atoms with Crippen LogP contribution in [0.2, 0.25) is 0 Å². The summed E-state index contributed by atoms with van der Waals surface area (Å²) >= 11 is 0. The average molecular weight is 174 g/mol. The van der Waals surface area contributed by atoms with E-state index in [1.165, 1.54) is 0 Å². The van der Waals surface area contributed by atoms with Gasteiger partial charge < -0.3 is 14.3 Å². The summed E-state index contributed by atoms with van der Waals surface area (Å²) in [6.07, 6.45) is 3.01. The van der Waals surface area contributed by atoms with Gasteiger partial charge in [0.15, 0.2) is 0 Å². The van der Waals surface area contributed by atoms with Crippen LogP contribution in [0.1, 0.15) is 6.92 Å². The second-order valence-electron chi connectivity index (χ2n) is 3.93. The molecule has 1 atom stereocenters. The van der Waals surface area contributed by atoms with Crippen LogP contribution in [0.15, 0.2) is 12.3 Å². The van der Waals surface area contributed by atoms with Crippen LogP contribution >= 0.6 is 0 Å². The van der Waals surface area contributed by atoms with Crippen molar-refractivity contribution in [3.8, 4) is 0 Å². The summed E-state index contributed by atoms with van der Waals surface area (Å²) in [6, 6.07) is 0. The van der Waals surface area contributed by atoms with E-state index in [-0.39, 0.29) is 6.10 Å². The van der Waals surface area contributed by atoms with Crippen LogP contribution in [-0.4, -0.2) is 50.0 Å². The van der Waals surface area contributed by atoms with Gasteiger partial charge in [-0.05, 0) is 6.92 Å². The highest BCUT2D eigenvalue weighted by Gasteiger charge is 2.14. The minimum atomic E-state index is -0.388. The summed E-state index contributed by atoms with van der Waals surface area (Å²) in [5.41, 5.74) is 0. The van der Waals surface area contributed by atoms with E-state index in [0.29, 0.717) is 13.2 Å². The molecular formula is C9H20NO2+. The number of hydrogen-bond donors (Lipinski definition) is 1. The van der Waals surface area contributed by atoms with Crippen molar-refractivity contribution >= 4 is 0 Å². The number of rotatable bonds is 5. The Morgan fingerprint density at radius 1 is 1.42 bits per heavy atom. The molecule has 0 amide bonds. The predicted octanol–water partition coefficient (Wildman–Crippen LogP) is 0.604. The molecule has 0 aromatic carbocycles. The zero-order chi connectivity index (χ0) is 9.61. The number of nitrogens with zero attached hydrogens (tertiary/aromatic N) is 1. The molecule has 0 bridgehead atoms. The summed E-state index contributed by atoms with van der Waals surface area (Å²) in [5.74, 6) is 0. The zero-order valence-corrected chi connectivity index (χ0v) is 8.45. The second-order valence-corrected chi connectivity index (χ2v) is 3.93. The topological polar surface area (TPSA) is 29.5 Å². The summed E-state index contributed by atoms with van der Waals surface area (Å²) in [7, 11) is 6.12. The third kappa shape index (κ3) is 7.57. The minimum absolute atomic E-state index is 0.375. The van der Waals surface area contributed by atoms with Crippen molar-refractivity contribution in [3.05, 3.63) is 12.3 Å². The lowest BCUT2D eigenvalue weighted by Crippen LogP contribution is -2.42. The first-order valence-electron chi connectivity index (χ1n) is 4.17. The molecule has 0 fully saturated rings. The van der Waals surface area contributed by atoms with Crippen molar-refractivity contribution < 1.29 is 14.3 Å². The number of ether oxygens (including phenoxy) is 1. The molecule has 12 heavy (non-hydrogen) atoms.